The molecule has 67 heavy (non-hydrogen) atoms. The molecular formula is C63H38N2OS. The van der Waals surface area contributed by atoms with Crippen molar-refractivity contribution in [3.05, 3.63) is 253 Å². The van der Waals surface area contributed by atoms with E-state index in [-0.39, 0.29) is 0 Å². The Morgan fingerprint density at radius 2 is 1.01 bits per heavy atom. The summed E-state index contributed by atoms with van der Waals surface area (Å²) in [5.74, 6) is 0. The second kappa shape index (κ2) is 13.9. The van der Waals surface area contributed by atoms with Crippen LogP contribution in [-0.4, -0.2) is 4.57 Å². The van der Waals surface area contributed by atoms with Crippen molar-refractivity contribution in [2.75, 3.05) is 4.90 Å². The van der Waals surface area contributed by atoms with E-state index >= 15 is 0 Å². The zero-order valence-corrected chi connectivity index (χ0v) is 37.0. The van der Waals surface area contributed by atoms with Gasteiger partial charge in [0.2, 0.25) is 0 Å². The van der Waals surface area contributed by atoms with E-state index in [2.05, 4.69) is 234 Å². The minimum atomic E-state index is -0.572. The largest absolute Gasteiger partial charge is 0.456 e. The first-order valence-corrected chi connectivity index (χ1v) is 23.8. The maximum absolute atomic E-state index is 6.43. The van der Waals surface area contributed by atoms with Crippen molar-refractivity contribution in [2.45, 2.75) is 15.2 Å². The fourth-order valence-corrected chi connectivity index (χ4v) is 13.1. The molecule has 0 amide bonds. The van der Waals surface area contributed by atoms with Crippen LogP contribution < -0.4 is 4.90 Å². The Balaban J connectivity index is 1.02. The second-order valence-electron chi connectivity index (χ2n) is 17.9. The van der Waals surface area contributed by atoms with E-state index in [0.29, 0.717) is 0 Å². The van der Waals surface area contributed by atoms with Crippen LogP contribution in [0, 0.1) is 0 Å². The predicted octanol–water partition coefficient (Wildman–Crippen LogP) is 17.3. The molecule has 3 heterocycles. The van der Waals surface area contributed by atoms with Crippen LogP contribution >= 0.6 is 11.8 Å². The molecule has 1 aliphatic heterocycles. The van der Waals surface area contributed by atoms with Crippen molar-refractivity contribution in [3.8, 4) is 16.8 Å². The molecule has 0 fully saturated rings. The highest BCUT2D eigenvalue weighted by molar-refractivity contribution is 7.99. The lowest BCUT2D eigenvalue weighted by atomic mass is 9.59. The molecule has 11 aromatic carbocycles. The van der Waals surface area contributed by atoms with Gasteiger partial charge in [-0.1, -0.05) is 169 Å². The third kappa shape index (κ3) is 5.03. The first-order chi connectivity index (χ1) is 33.2. The molecule has 0 saturated carbocycles. The van der Waals surface area contributed by atoms with E-state index < -0.39 is 5.41 Å². The molecule has 4 heteroatoms. The van der Waals surface area contributed by atoms with Gasteiger partial charge in [-0.05, 0) is 122 Å². The summed E-state index contributed by atoms with van der Waals surface area (Å²) in [6.45, 7) is 0. The number of nitrogens with zero attached hydrogens (tertiary/aromatic N) is 2. The fraction of sp³-hybridized carbons (Fsp3) is 0.0159. The molecule has 0 radical (unpaired) electrons. The van der Waals surface area contributed by atoms with Gasteiger partial charge in [-0.15, -0.1) is 0 Å². The topological polar surface area (TPSA) is 21.3 Å². The maximum Gasteiger partial charge on any atom is 0.137 e. The lowest BCUT2D eigenvalue weighted by Crippen LogP contribution is -2.36. The molecule has 2 aliphatic rings. The summed E-state index contributed by atoms with van der Waals surface area (Å²) in [5.41, 5.74) is 15.8. The number of anilines is 3. The Morgan fingerprint density at radius 3 is 1.96 bits per heavy atom. The number of fused-ring (bicyclic) bond motifs is 15. The lowest BCUT2D eigenvalue weighted by Gasteiger charge is -2.46. The number of aromatic nitrogens is 1. The third-order valence-corrected chi connectivity index (χ3v) is 15.8. The first-order valence-electron chi connectivity index (χ1n) is 23.0. The minimum absolute atomic E-state index is 0.572. The van der Waals surface area contributed by atoms with Gasteiger partial charge >= 0.3 is 0 Å². The van der Waals surface area contributed by atoms with Crippen LogP contribution in [0.15, 0.2) is 245 Å². The summed E-state index contributed by atoms with van der Waals surface area (Å²) in [7, 11) is 0. The molecule has 15 rings (SSSR count). The van der Waals surface area contributed by atoms with Crippen molar-refractivity contribution >= 4 is 94.1 Å². The Morgan fingerprint density at radius 1 is 0.388 bits per heavy atom. The molecule has 0 N–H and O–H groups in total. The standard InChI is InChI=1S/C63H38N2OS/c1-2-19-43-39(15-1)16-13-28-53(43)64(41-33-35-55-48(37-41)45-21-4-8-27-54(45)65(55)56-29-14-31-58-62(56)47-22-5-9-30-57(47)66-58)42-34-36-60-52(38-42)63(50-25-7-10-32-59(50)67-60)49-24-6-3-20-44(49)46-23-11-17-40-18-12-26-51(63)61(40)46/h1-38H. The lowest BCUT2D eigenvalue weighted by molar-refractivity contribution is 0.669. The Labute approximate surface area is 390 Å². The normalized spacial score (nSPS) is 14.9. The average Bonchev–Trinajstić information content (AvgIpc) is 3.94. The predicted molar refractivity (Wildman–Crippen MR) is 279 cm³/mol. The summed E-state index contributed by atoms with van der Waals surface area (Å²) < 4.78 is 8.86. The van der Waals surface area contributed by atoms with Gasteiger partial charge in [0, 0.05) is 42.7 Å². The molecule has 312 valence electrons. The van der Waals surface area contributed by atoms with Crippen LogP contribution in [0.5, 0.6) is 0 Å². The number of benzene rings is 11. The van der Waals surface area contributed by atoms with Gasteiger partial charge in [0.05, 0.1) is 33.2 Å². The van der Waals surface area contributed by atoms with Gasteiger partial charge < -0.3 is 13.9 Å². The first kappa shape index (κ1) is 37.0. The summed E-state index contributed by atoms with van der Waals surface area (Å²) in [5, 5.41) is 9.60. The summed E-state index contributed by atoms with van der Waals surface area (Å²) in [6.07, 6.45) is 0. The van der Waals surface area contributed by atoms with Gasteiger partial charge in [-0.3, -0.25) is 0 Å². The van der Waals surface area contributed by atoms with E-state index in [4.69, 9.17) is 4.42 Å². The highest BCUT2D eigenvalue weighted by Gasteiger charge is 2.48. The Bertz CT molecular complexity index is 4220. The van der Waals surface area contributed by atoms with Crippen molar-refractivity contribution in [3.63, 3.8) is 0 Å². The van der Waals surface area contributed by atoms with Crippen molar-refractivity contribution in [1.29, 1.82) is 0 Å². The number of hydrogen-bond donors (Lipinski definition) is 0. The highest BCUT2D eigenvalue weighted by atomic mass is 32.2. The minimum Gasteiger partial charge on any atom is -0.456 e. The van der Waals surface area contributed by atoms with E-state index in [0.717, 1.165) is 55.7 Å². The van der Waals surface area contributed by atoms with Gasteiger partial charge in [0.1, 0.15) is 11.2 Å². The molecule has 0 bridgehead atoms. The zero-order valence-electron chi connectivity index (χ0n) is 36.2. The maximum atomic E-state index is 6.43. The molecule has 1 atom stereocenters. The van der Waals surface area contributed by atoms with Gasteiger partial charge in [0.25, 0.3) is 0 Å². The average molecular weight is 871 g/mol. The van der Waals surface area contributed by atoms with Crippen LogP contribution in [0.3, 0.4) is 0 Å². The molecule has 0 saturated heterocycles. The van der Waals surface area contributed by atoms with E-state index in [1.165, 1.54) is 75.5 Å². The second-order valence-corrected chi connectivity index (χ2v) is 19.0. The quantitative estimate of drug-likeness (QED) is 0.176. The van der Waals surface area contributed by atoms with Crippen LogP contribution in [0.4, 0.5) is 17.1 Å². The summed E-state index contributed by atoms with van der Waals surface area (Å²) in [6, 6.07) is 85.4. The van der Waals surface area contributed by atoms with E-state index in [1.54, 1.807) is 0 Å². The fourth-order valence-electron chi connectivity index (χ4n) is 11.9. The highest BCUT2D eigenvalue weighted by Crippen LogP contribution is 2.62. The summed E-state index contributed by atoms with van der Waals surface area (Å²) in [4.78, 5) is 5.06. The Hall–Kier alpha value is -8.31. The van der Waals surface area contributed by atoms with Crippen LogP contribution in [-0.2, 0) is 5.41 Å². The number of para-hydroxylation sites is 2. The van der Waals surface area contributed by atoms with Gasteiger partial charge in [-0.2, -0.15) is 0 Å². The number of furan rings is 1. The molecule has 1 spiro atoms. The van der Waals surface area contributed by atoms with Gasteiger partial charge in [-0.25, -0.2) is 0 Å². The summed E-state index contributed by atoms with van der Waals surface area (Å²) >= 11 is 1.89. The van der Waals surface area contributed by atoms with Crippen molar-refractivity contribution in [1.82, 2.24) is 4.57 Å². The molecule has 1 unspecified atom stereocenters. The zero-order chi connectivity index (χ0) is 43.8. The smallest absolute Gasteiger partial charge is 0.137 e. The monoisotopic (exact) mass is 870 g/mol. The van der Waals surface area contributed by atoms with Crippen LogP contribution in [0.1, 0.15) is 22.3 Å². The Kier molecular flexibility index (Phi) is 7.64. The van der Waals surface area contributed by atoms with Crippen molar-refractivity contribution in [2.24, 2.45) is 0 Å². The van der Waals surface area contributed by atoms with Crippen molar-refractivity contribution < 1.29 is 4.42 Å². The molecule has 13 aromatic rings. The number of rotatable bonds is 4. The van der Waals surface area contributed by atoms with Crippen LogP contribution in [0.25, 0.3) is 82.1 Å². The van der Waals surface area contributed by atoms with Crippen LogP contribution in [0.2, 0.25) is 0 Å². The molecular weight excluding hydrogens is 833 g/mol. The SMILES string of the molecule is c1ccc2c(c1)Sc1ccc(N(c3ccc4c(c3)c3ccccc3n4-c3cccc4oc5ccccc5c34)c3cccc4ccccc34)cc1C21c2ccccc2-c2cccc3cccc1c23. The molecule has 1 aliphatic carbocycles. The molecule has 3 nitrogen and oxygen atoms in total. The molecule has 2 aromatic heterocycles. The van der Waals surface area contributed by atoms with Gasteiger partial charge in [0.15, 0.2) is 0 Å². The third-order valence-electron chi connectivity index (χ3n) is 14.6. The van der Waals surface area contributed by atoms with E-state index in [1.807, 2.05) is 17.8 Å². The number of hydrogen-bond acceptors (Lipinski definition) is 3. The van der Waals surface area contributed by atoms with E-state index in [9.17, 15) is 0 Å².